The Hall–Kier alpha value is -2.34. The Morgan fingerprint density at radius 1 is 1.13 bits per heavy atom. The predicted molar refractivity (Wildman–Crippen MR) is 89.4 cm³/mol. The van der Waals surface area contributed by atoms with Crippen LogP contribution < -0.4 is 9.04 Å². The summed E-state index contributed by atoms with van der Waals surface area (Å²) in [5.41, 5.74) is 1.44. The molecule has 0 heterocycles. The number of hydrogen-bond donors (Lipinski definition) is 0. The van der Waals surface area contributed by atoms with Crippen molar-refractivity contribution in [1.29, 1.82) is 0 Å². The number of nitrogens with zero attached hydrogens (tertiary/aromatic N) is 1. The largest absolute Gasteiger partial charge is 0.497 e. The van der Waals surface area contributed by atoms with Crippen molar-refractivity contribution in [2.24, 2.45) is 0 Å². The molecule has 23 heavy (non-hydrogen) atoms. The molecule has 0 N–H and O–H groups in total. The summed E-state index contributed by atoms with van der Waals surface area (Å²) < 4.78 is 32.2. The summed E-state index contributed by atoms with van der Waals surface area (Å²) in [5.74, 6) is 0.553. The summed E-state index contributed by atoms with van der Waals surface area (Å²) in [5, 5.41) is 0. The molecule has 0 spiro atoms. The highest BCUT2D eigenvalue weighted by Gasteiger charge is 2.24. The van der Waals surface area contributed by atoms with Crippen molar-refractivity contribution in [3.05, 3.63) is 54.1 Å². The van der Waals surface area contributed by atoms with Gasteiger partial charge in [0.15, 0.2) is 0 Å². The number of sulfonamides is 1. The molecule has 0 unspecified atom stereocenters. The Balaban J connectivity index is 2.48. The van der Waals surface area contributed by atoms with Crippen molar-refractivity contribution in [3.8, 4) is 5.75 Å². The fourth-order valence-corrected chi connectivity index (χ4v) is 3.63. The first-order valence-corrected chi connectivity index (χ1v) is 8.60. The number of ether oxygens (including phenoxy) is 1. The van der Waals surface area contributed by atoms with Gasteiger partial charge in [-0.05, 0) is 31.2 Å². The normalized spacial score (nSPS) is 11.0. The van der Waals surface area contributed by atoms with Gasteiger partial charge in [-0.1, -0.05) is 23.8 Å². The number of methoxy groups -OCH3 is 1. The van der Waals surface area contributed by atoms with Crippen LogP contribution in [0.15, 0.2) is 53.4 Å². The van der Waals surface area contributed by atoms with Crippen LogP contribution in [-0.2, 0) is 14.8 Å². The summed E-state index contributed by atoms with van der Waals surface area (Å²) in [4.78, 5) is 10.9. The molecule has 0 saturated heterocycles. The van der Waals surface area contributed by atoms with Gasteiger partial charge in [-0.25, -0.2) is 8.42 Å². The summed E-state index contributed by atoms with van der Waals surface area (Å²) >= 11 is 0. The fraction of sp³-hybridized carbons (Fsp3) is 0.235. The molecule has 6 heteroatoms. The molecule has 2 rings (SSSR count). The third kappa shape index (κ3) is 3.90. The number of rotatable bonds is 7. The zero-order valence-electron chi connectivity index (χ0n) is 13.1. The highest BCUT2D eigenvalue weighted by atomic mass is 32.2. The van der Waals surface area contributed by atoms with E-state index in [4.69, 9.17) is 4.74 Å². The van der Waals surface area contributed by atoms with Crippen LogP contribution >= 0.6 is 0 Å². The van der Waals surface area contributed by atoms with Crippen molar-refractivity contribution >= 4 is 22.0 Å². The van der Waals surface area contributed by atoms with Gasteiger partial charge >= 0.3 is 0 Å². The van der Waals surface area contributed by atoms with Crippen molar-refractivity contribution in [1.82, 2.24) is 0 Å². The van der Waals surface area contributed by atoms with Gasteiger partial charge in [-0.15, -0.1) is 0 Å². The number of aryl methyl sites for hydroxylation is 1. The van der Waals surface area contributed by atoms with E-state index in [1.165, 1.54) is 11.4 Å². The van der Waals surface area contributed by atoms with Crippen LogP contribution in [0.4, 0.5) is 5.69 Å². The lowest BCUT2D eigenvalue weighted by Crippen LogP contribution is -2.32. The molecule has 0 amide bonds. The van der Waals surface area contributed by atoms with E-state index >= 15 is 0 Å². The van der Waals surface area contributed by atoms with Crippen molar-refractivity contribution in [2.75, 3.05) is 18.0 Å². The maximum atomic E-state index is 12.9. The zero-order chi connectivity index (χ0) is 16.9. The van der Waals surface area contributed by atoms with Gasteiger partial charge in [0.2, 0.25) is 0 Å². The second-order valence-corrected chi connectivity index (χ2v) is 6.91. The first-order chi connectivity index (χ1) is 11.0. The smallest absolute Gasteiger partial charge is 0.264 e. The van der Waals surface area contributed by atoms with Crippen LogP contribution in [0.25, 0.3) is 0 Å². The van der Waals surface area contributed by atoms with E-state index in [0.29, 0.717) is 17.7 Å². The van der Waals surface area contributed by atoms with E-state index in [2.05, 4.69) is 0 Å². The molecule has 0 bridgehead atoms. The van der Waals surface area contributed by atoms with Crippen LogP contribution in [0.1, 0.15) is 12.0 Å². The summed E-state index contributed by atoms with van der Waals surface area (Å²) in [7, 11) is -2.23. The Bertz CT molecular complexity index is 769. The monoisotopic (exact) mass is 333 g/mol. The molecule has 0 aliphatic carbocycles. The number of anilines is 1. The van der Waals surface area contributed by atoms with E-state index in [1.54, 1.807) is 48.5 Å². The van der Waals surface area contributed by atoms with Crippen LogP contribution in [0.2, 0.25) is 0 Å². The van der Waals surface area contributed by atoms with Crippen molar-refractivity contribution < 1.29 is 17.9 Å². The molecular weight excluding hydrogens is 314 g/mol. The molecule has 0 aromatic heterocycles. The first-order valence-electron chi connectivity index (χ1n) is 7.16. The molecule has 0 saturated carbocycles. The van der Waals surface area contributed by atoms with E-state index < -0.39 is 10.0 Å². The minimum absolute atomic E-state index is 0.0763. The lowest BCUT2D eigenvalue weighted by molar-refractivity contribution is -0.107. The van der Waals surface area contributed by atoms with Gasteiger partial charge in [0.1, 0.15) is 12.0 Å². The molecular formula is C17H19NO4S. The number of carbonyl (C=O) groups excluding carboxylic acids is 1. The molecule has 0 fully saturated rings. The van der Waals surface area contributed by atoms with Gasteiger partial charge in [-0.3, -0.25) is 4.31 Å². The maximum Gasteiger partial charge on any atom is 0.264 e. The van der Waals surface area contributed by atoms with Crippen LogP contribution in [0.5, 0.6) is 5.75 Å². The molecule has 0 aliphatic rings. The first kappa shape index (κ1) is 17.0. The number of benzene rings is 2. The average molecular weight is 333 g/mol. The van der Waals surface area contributed by atoms with E-state index in [-0.39, 0.29) is 17.9 Å². The van der Waals surface area contributed by atoms with Gasteiger partial charge < -0.3 is 9.53 Å². The minimum atomic E-state index is -3.75. The van der Waals surface area contributed by atoms with E-state index in [9.17, 15) is 13.2 Å². The summed E-state index contributed by atoms with van der Waals surface area (Å²) in [6, 6.07) is 13.4. The zero-order valence-corrected chi connectivity index (χ0v) is 13.9. The molecule has 0 aliphatic heterocycles. The highest BCUT2D eigenvalue weighted by molar-refractivity contribution is 7.92. The van der Waals surface area contributed by atoms with Crippen LogP contribution in [0.3, 0.4) is 0 Å². The third-order valence-corrected chi connectivity index (χ3v) is 5.24. The summed E-state index contributed by atoms with van der Waals surface area (Å²) in [6.45, 7) is 1.97. The minimum Gasteiger partial charge on any atom is -0.497 e. The van der Waals surface area contributed by atoms with Crippen molar-refractivity contribution in [3.63, 3.8) is 0 Å². The molecule has 0 radical (unpaired) electrons. The number of hydrogen-bond acceptors (Lipinski definition) is 4. The predicted octanol–water partition coefficient (Wildman–Crippen LogP) is 2.79. The van der Waals surface area contributed by atoms with Crippen LogP contribution in [-0.4, -0.2) is 28.4 Å². The second kappa shape index (κ2) is 7.28. The van der Waals surface area contributed by atoms with Gasteiger partial charge in [0, 0.05) is 19.0 Å². The van der Waals surface area contributed by atoms with E-state index in [0.717, 1.165) is 5.56 Å². The Morgan fingerprint density at radius 3 is 2.43 bits per heavy atom. The van der Waals surface area contributed by atoms with Gasteiger partial charge in [0.05, 0.1) is 17.7 Å². The maximum absolute atomic E-state index is 12.9. The standard InChI is InChI=1S/C17H19NO4S/c1-14-7-9-17(10-8-14)23(20,21)18(11-4-12-19)15-5-3-6-16(13-15)22-2/h3,5-10,12-13H,4,11H2,1-2H3. The highest BCUT2D eigenvalue weighted by Crippen LogP contribution is 2.27. The lowest BCUT2D eigenvalue weighted by atomic mass is 10.2. The lowest BCUT2D eigenvalue weighted by Gasteiger charge is -2.24. The molecule has 2 aromatic carbocycles. The molecule has 0 atom stereocenters. The molecule has 2 aromatic rings. The Kier molecular flexibility index (Phi) is 5.39. The van der Waals surface area contributed by atoms with Gasteiger partial charge in [-0.2, -0.15) is 0 Å². The fourth-order valence-electron chi connectivity index (χ4n) is 2.16. The third-order valence-electron chi connectivity index (χ3n) is 3.40. The van der Waals surface area contributed by atoms with Crippen LogP contribution in [0, 0.1) is 6.92 Å². The SMILES string of the molecule is COc1cccc(N(CCC=O)S(=O)(=O)c2ccc(C)cc2)c1. The average Bonchev–Trinajstić information content (AvgIpc) is 2.55. The van der Waals surface area contributed by atoms with E-state index in [1.807, 2.05) is 6.92 Å². The topological polar surface area (TPSA) is 63.7 Å². The quantitative estimate of drug-likeness (QED) is 0.731. The molecule has 122 valence electrons. The second-order valence-electron chi connectivity index (χ2n) is 5.05. The Morgan fingerprint density at radius 2 is 1.83 bits per heavy atom. The van der Waals surface area contributed by atoms with Crippen molar-refractivity contribution in [2.45, 2.75) is 18.2 Å². The Labute approximate surface area is 136 Å². The summed E-state index contributed by atoms with van der Waals surface area (Å²) in [6.07, 6.45) is 0.820. The number of aldehydes is 1. The van der Waals surface area contributed by atoms with Gasteiger partial charge in [0.25, 0.3) is 10.0 Å². The molecule has 5 nitrogen and oxygen atoms in total. The number of carbonyl (C=O) groups is 1.